The van der Waals surface area contributed by atoms with Gasteiger partial charge in [-0.2, -0.15) is 0 Å². The summed E-state index contributed by atoms with van der Waals surface area (Å²) in [4.78, 5) is 13.8. The molecule has 0 unspecified atom stereocenters. The van der Waals surface area contributed by atoms with E-state index in [1.807, 2.05) is 0 Å². The van der Waals surface area contributed by atoms with Crippen LogP contribution in [0.1, 0.15) is 39.5 Å². The minimum absolute atomic E-state index is 0.0185. The van der Waals surface area contributed by atoms with Gasteiger partial charge in [-0.3, -0.25) is 0 Å². The second-order valence-electron chi connectivity index (χ2n) is 3.78. The van der Waals surface area contributed by atoms with Crippen molar-refractivity contribution in [2.24, 2.45) is 0 Å². The molecule has 86 valence electrons. The van der Waals surface area contributed by atoms with Crippen LogP contribution in [0.3, 0.4) is 0 Å². The van der Waals surface area contributed by atoms with Crippen molar-refractivity contribution in [2.45, 2.75) is 39.5 Å². The van der Waals surface area contributed by atoms with Gasteiger partial charge in [0.05, 0.1) is 0 Å². The zero-order valence-corrected chi connectivity index (χ0v) is 10.6. The summed E-state index contributed by atoms with van der Waals surface area (Å²) in [5.74, 6) is 0. The monoisotopic (exact) mass is 202 g/mol. The van der Waals surface area contributed by atoms with Gasteiger partial charge in [0.1, 0.15) is 0 Å². The molecule has 3 nitrogen and oxygen atoms in total. The molecule has 0 aromatic heterocycles. The van der Waals surface area contributed by atoms with E-state index in [0.717, 1.165) is 0 Å². The van der Waals surface area contributed by atoms with Crippen molar-refractivity contribution in [3.8, 4) is 0 Å². The Morgan fingerprint density at radius 2 is 1.14 bits per heavy atom. The highest BCUT2D eigenvalue weighted by atomic mass is 16.2. The first kappa shape index (κ1) is 15.7. The summed E-state index contributed by atoms with van der Waals surface area (Å²) in [5.41, 5.74) is 0. The minimum atomic E-state index is 0.0185. The Morgan fingerprint density at radius 1 is 0.857 bits per heavy atom. The van der Waals surface area contributed by atoms with Crippen LogP contribution in [-0.4, -0.2) is 44.0 Å². The Labute approximate surface area is 89.1 Å². The molecule has 0 N–H and O–H groups in total. The number of rotatable bonds is 3. The molecule has 0 spiro atoms. The largest absolute Gasteiger partial charge is 0.331 e. The highest BCUT2D eigenvalue weighted by Gasteiger charge is 2.02. The molecule has 0 aromatic carbocycles. The third kappa shape index (κ3) is 11.3. The van der Waals surface area contributed by atoms with Gasteiger partial charge in [0.15, 0.2) is 0 Å². The minimum Gasteiger partial charge on any atom is -0.331 e. The Kier molecular flexibility index (Phi) is 11.6. The maximum Gasteiger partial charge on any atom is 0.318 e. The molecule has 0 atom stereocenters. The van der Waals surface area contributed by atoms with E-state index in [0.29, 0.717) is 0 Å². The molecule has 0 aliphatic carbocycles. The van der Waals surface area contributed by atoms with Gasteiger partial charge in [0.2, 0.25) is 0 Å². The van der Waals surface area contributed by atoms with Gasteiger partial charge < -0.3 is 9.80 Å². The van der Waals surface area contributed by atoms with Crippen LogP contribution in [0.5, 0.6) is 0 Å². The van der Waals surface area contributed by atoms with Crippen molar-refractivity contribution in [1.82, 2.24) is 9.80 Å². The smallest absolute Gasteiger partial charge is 0.318 e. The summed E-state index contributed by atoms with van der Waals surface area (Å²) in [6.07, 6.45) is 5.54. The lowest BCUT2D eigenvalue weighted by Crippen LogP contribution is -2.33. The lowest BCUT2D eigenvalue weighted by molar-refractivity contribution is 0.191. The molecule has 0 saturated heterocycles. The van der Waals surface area contributed by atoms with E-state index in [-0.39, 0.29) is 6.03 Å². The summed E-state index contributed by atoms with van der Waals surface area (Å²) >= 11 is 0. The predicted octanol–water partition coefficient (Wildman–Crippen LogP) is 2.82. The van der Waals surface area contributed by atoms with Crippen LogP contribution in [0.25, 0.3) is 0 Å². The van der Waals surface area contributed by atoms with Crippen LogP contribution in [0.4, 0.5) is 4.79 Å². The molecule has 0 saturated carbocycles. The SMILES string of the molecule is CCCCCC.CN(C)C(=O)N(C)C. The summed E-state index contributed by atoms with van der Waals surface area (Å²) < 4.78 is 0. The predicted molar refractivity (Wildman–Crippen MR) is 62.6 cm³/mol. The molecule has 3 heteroatoms. The molecule has 0 radical (unpaired) electrons. The van der Waals surface area contributed by atoms with Gasteiger partial charge in [0.25, 0.3) is 0 Å². The molecule has 0 aromatic rings. The molecule has 0 aliphatic heterocycles. The van der Waals surface area contributed by atoms with Gasteiger partial charge in [-0.05, 0) is 0 Å². The zero-order chi connectivity index (χ0) is 11.6. The highest BCUT2D eigenvalue weighted by Crippen LogP contribution is 1.95. The van der Waals surface area contributed by atoms with Gasteiger partial charge >= 0.3 is 6.03 Å². The average Bonchev–Trinajstić information content (AvgIpc) is 2.14. The Balaban J connectivity index is 0. The van der Waals surface area contributed by atoms with Crippen LogP contribution in [-0.2, 0) is 0 Å². The second-order valence-corrected chi connectivity index (χ2v) is 3.78. The number of unbranched alkanes of at least 4 members (excludes halogenated alkanes) is 3. The highest BCUT2D eigenvalue weighted by molar-refractivity contribution is 5.72. The van der Waals surface area contributed by atoms with E-state index in [2.05, 4.69) is 13.8 Å². The van der Waals surface area contributed by atoms with Crippen molar-refractivity contribution < 1.29 is 4.79 Å². The zero-order valence-electron chi connectivity index (χ0n) is 10.6. The Bertz CT molecular complexity index is 119. The van der Waals surface area contributed by atoms with Crippen molar-refractivity contribution >= 4 is 6.03 Å². The summed E-state index contributed by atoms with van der Waals surface area (Å²) in [7, 11) is 6.90. The molecule has 0 heterocycles. The van der Waals surface area contributed by atoms with E-state index in [1.54, 1.807) is 28.2 Å². The summed E-state index contributed by atoms with van der Waals surface area (Å²) in [5, 5.41) is 0. The third-order valence-electron chi connectivity index (χ3n) is 1.72. The molecule has 2 amide bonds. The summed E-state index contributed by atoms with van der Waals surface area (Å²) in [6.45, 7) is 4.46. The van der Waals surface area contributed by atoms with Crippen LogP contribution < -0.4 is 0 Å². The van der Waals surface area contributed by atoms with E-state index in [1.165, 1.54) is 35.5 Å². The Hall–Kier alpha value is -0.730. The van der Waals surface area contributed by atoms with Gasteiger partial charge in [-0.25, -0.2) is 4.79 Å². The van der Waals surface area contributed by atoms with Crippen molar-refractivity contribution in [2.75, 3.05) is 28.2 Å². The maximum absolute atomic E-state index is 10.7. The molecule has 14 heavy (non-hydrogen) atoms. The number of nitrogens with zero attached hydrogens (tertiary/aromatic N) is 2. The number of hydrogen-bond acceptors (Lipinski definition) is 1. The molecular formula is C11H26N2O. The number of carbonyl (C=O) groups excluding carboxylic acids is 1. The lowest BCUT2D eigenvalue weighted by Gasteiger charge is -2.16. The number of hydrogen-bond donors (Lipinski definition) is 0. The first-order valence-electron chi connectivity index (χ1n) is 5.35. The Morgan fingerprint density at radius 3 is 1.21 bits per heavy atom. The third-order valence-corrected chi connectivity index (χ3v) is 1.72. The molecule has 0 rings (SSSR count). The molecule has 0 bridgehead atoms. The van der Waals surface area contributed by atoms with Crippen molar-refractivity contribution in [3.63, 3.8) is 0 Å². The van der Waals surface area contributed by atoms with Gasteiger partial charge in [-0.15, -0.1) is 0 Å². The van der Waals surface area contributed by atoms with E-state index >= 15 is 0 Å². The van der Waals surface area contributed by atoms with Crippen molar-refractivity contribution in [1.29, 1.82) is 0 Å². The second kappa shape index (κ2) is 10.4. The topological polar surface area (TPSA) is 23.6 Å². The summed E-state index contributed by atoms with van der Waals surface area (Å²) in [6, 6.07) is 0.0185. The van der Waals surface area contributed by atoms with Crippen LogP contribution in [0.2, 0.25) is 0 Å². The van der Waals surface area contributed by atoms with Crippen LogP contribution >= 0.6 is 0 Å². The van der Waals surface area contributed by atoms with E-state index in [9.17, 15) is 4.79 Å². The maximum atomic E-state index is 10.7. The lowest BCUT2D eigenvalue weighted by atomic mass is 10.2. The first-order valence-corrected chi connectivity index (χ1v) is 5.35. The fourth-order valence-corrected chi connectivity index (χ4v) is 0.900. The average molecular weight is 202 g/mol. The molecule has 0 aliphatic rings. The fourth-order valence-electron chi connectivity index (χ4n) is 0.900. The van der Waals surface area contributed by atoms with Crippen LogP contribution in [0, 0.1) is 0 Å². The molecule has 0 fully saturated rings. The van der Waals surface area contributed by atoms with Crippen LogP contribution in [0.15, 0.2) is 0 Å². The van der Waals surface area contributed by atoms with E-state index < -0.39 is 0 Å². The number of carbonyl (C=O) groups is 1. The fraction of sp³-hybridized carbons (Fsp3) is 0.909. The normalized spacial score (nSPS) is 8.71. The number of urea groups is 1. The van der Waals surface area contributed by atoms with E-state index in [4.69, 9.17) is 0 Å². The number of amides is 2. The van der Waals surface area contributed by atoms with Gasteiger partial charge in [0, 0.05) is 28.2 Å². The molecular weight excluding hydrogens is 176 g/mol. The standard InChI is InChI=1S/C6H14.C5H12N2O/c1-3-5-6-4-2;1-6(2)5(8)7(3)4/h3-6H2,1-2H3;1-4H3. The van der Waals surface area contributed by atoms with Crippen molar-refractivity contribution in [3.05, 3.63) is 0 Å². The first-order chi connectivity index (χ1) is 6.47. The quantitative estimate of drug-likeness (QED) is 0.646. The van der Waals surface area contributed by atoms with Gasteiger partial charge in [-0.1, -0.05) is 39.5 Å².